The molecular formula is C27H37N5O6. The number of carbonyl (C=O) groups is 4. The van der Waals surface area contributed by atoms with Crippen LogP contribution in [-0.4, -0.2) is 68.6 Å². The first-order valence-electron chi connectivity index (χ1n) is 13.0. The number of nitrogens with zero attached hydrogens (tertiary/aromatic N) is 2. The fraction of sp³-hybridized carbons (Fsp3) is 0.556. The van der Waals surface area contributed by atoms with Crippen molar-refractivity contribution in [2.75, 3.05) is 43.2 Å². The van der Waals surface area contributed by atoms with Crippen LogP contribution in [0, 0.1) is 11.8 Å². The van der Waals surface area contributed by atoms with Crippen LogP contribution in [0.5, 0.6) is 5.75 Å². The molecule has 11 heteroatoms. The quantitative estimate of drug-likeness (QED) is 0.305. The summed E-state index contributed by atoms with van der Waals surface area (Å²) in [5, 5.41) is 5.91. The number of nitrogens with one attached hydrogen (secondary N) is 2. The zero-order valence-electron chi connectivity index (χ0n) is 22.2. The highest BCUT2D eigenvalue weighted by atomic mass is 16.5. The zero-order valence-corrected chi connectivity index (χ0v) is 22.2. The molecule has 0 spiro atoms. The Balaban J connectivity index is 1.54. The maximum atomic E-state index is 13.9. The van der Waals surface area contributed by atoms with E-state index in [0.717, 1.165) is 12.8 Å². The van der Waals surface area contributed by atoms with Gasteiger partial charge in [0.15, 0.2) is 11.5 Å². The van der Waals surface area contributed by atoms with Gasteiger partial charge in [0.05, 0.1) is 17.5 Å². The van der Waals surface area contributed by atoms with Crippen LogP contribution in [0.15, 0.2) is 30.5 Å². The second-order valence-corrected chi connectivity index (χ2v) is 10.7. The third kappa shape index (κ3) is 5.83. The summed E-state index contributed by atoms with van der Waals surface area (Å²) in [6, 6.07) is 5.45. The Morgan fingerprint density at radius 2 is 1.97 bits per heavy atom. The van der Waals surface area contributed by atoms with Crippen LogP contribution >= 0.6 is 0 Å². The first-order valence-corrected chi connectivity index (χ1v) is 13.0. The second-order valence-electron chi connectivity index (χ2n) is 10.7. The van der Waals surface area contributed by atoms with Crippen molar-refractivity contribution >= 4 is 35.0 Å². The summed E-state index contributed by atoms with van der Waals surface area (Å²) in [5.74, 6) is -1.69. The maximum Gasteiger partial charge on any atom is 0.293 e. The number of nitrogens with two attached hydrogens (primary N) is 1. The third-order valence-electron chi connectivity index (χ3n) is 7.23. The maximum absolute atomic E-state index is 13.9. The minimum atomic E-state index is -1.18. The van der Waals surface area contributed by atoms with E-state index in [1.807, 2.05) is 12.1 Å². The lowest BCUT2D eigenvalue weighted by atomic mass is 9.88. The number of piperidine rings is 1. The number of primary amides is 1. The molecule has 0 aromatic heterocycles. The van der Waals surface area contributed by atoms with Crippen molar-refractivity contribution in [3.63, 3.8) is 0 Å². The van der Waals surface area contributed by atoms with Crippen molar-refractivity contribution in [1.29, 1.82) is 0 Å². The molecule has 1 aromatic rings. The van der Waals surface area contributed by atoms with Gasteiger partial charge >= 0.3 is 0 Å². The van der Waals surface area contributed by atoms with Crippen LogP contribution in [0.4, 0.5) is 11.4 Å². The number of amides is 4. The molecular weight excluding hydrogens is 490 g/mol. The summed E-state index contributed by atoms with van der Waals surface area (Å²) >= 11 is 0. The van der Waals surface area contributed by atoms with E-state index in [2.05, 4.69) is 17.2 Å². The van der Waals surface area contributed by atoms with E-state index in [-0.39, 0.29) is 29.5 Å². The lowest BCUT2D eigenvalue weighted by Gasteiger charge is -2.35. The number of ether oxygens (including phenoxy) is 2. The predicted molar refractivity (Wildman–Crippen MR) is 141 cm³/mol. The van der Waals surface area contributed by atoms with Gasteiger partial charge in [0, 0.05) is 45.1 Å². The molecule has 1 aliphatic carbocycles. The number of rotatable bonds is 10. The molecule has 0 radical (unpaired) electrons. The number of anilines is 2. The first-order chi connectivity index (χ1) is 18.0. The van der Waals surface area contributed by atoms with E-state index in [1.165, 1.54) is 0 Å². The number of fused-ring (bicyclic) bond motifs is 1. The van der Waals surface area contributed by atoms with Gasteiger partial charge in [-0.05, 0) is 57.7 Å². The lowest BCUT2D eigenvalue weighted by Crippen LogP contribution is -2.57. The Morgan fingerprint density at radius 3 is 2.63 bits per heavy atom. The Kier molecular flexibility index (Phi) is 8.08. The SMILES string of the molecule is C=C1Oc2ccc(N(C(=O)[C@H]3CNC[C@@H](C(=O)NC(C)(C)C(N)=O)C3)C3CC3)cc2N(CCCOC)C1=O. The van der Waals surface area contributed by atoms with E-state index in [0.29, 0.717) is 56.2 Å². The monoisotopic (exact) mass is 527 g/mol. The van der Waals surface area contributed by atoms with Gasteiger partial charge in [-0.3, -0.25) is 19.2 Å². The van der Waals surface area contributed by atoms with E-state index >= 15 is 0 Å². The summed E-state index contributed by atoms with van der Waals surface area (Å²) in [4.78, 5) is 54.6. The van der Waals surface area contributed by atoms with Crippen LogP contribution in [0.1, 0.15) is 39.5 Å². The average Bonchev–Trinajstić information content (AvgIpc) is 3.71. The Labute approximate surface area is 222 Å². The molecule has 0 unspecified atom stereocenters. The van der Waals surface area contributed by atoms with Crippen molar-refractivity contribution < 1.29 is 28.7 Å². The van der Waals surface area contributed by atoms with Gasteiger partial charge < -0.3 is 35.6 Å². The molecule has 2 fully saturated rings. The first kappa shape index (κ1) is 27.6. The van der Waals surface area contributed by atoms with Crippen molar-refractivity contribution in [3.8, 4) is 5.75 Å². The molecule has 11 nitrogen and oxygen atoms in total. The molecule has 4 N–H and O–H groups in total. The van der Waals surface area contributed by atoms with E-state index < -0.39 is 23.3 Å². The van der Waals surface area contributed by atoms with Gasteiger partial charge in [-0.1, -0.05) is 6.58 Å². The fourth-order valence-corrected chi connectivity index (χ4v) is 4.83. The molecule has 0 bridgehead atoms. The van der Waals surface area contributed by atoms with Crippen molar-refractivity contribution in [2.24, 2.45) is 17.6 Å². The largest absolute Gasteiger partial charge is 0.450 e. The highest BCUT2D eigenvalue weighted by Crippen LogP contribution is 2.41. The van der Waals surface area contributed by atoms with Gasteiger partial charge in [-0.15, -0.1) is 0 Å². The molecule has 1 saturated carbocycles. The van der Waals surface area contributed by atoms with E-state index in [4.69, 9.17) is 15.2 Å². The minimum absolute atomic E-state index is 0.0508. The van der Waals surface area contributed by atoms with E-state index in [9.17, 15) is 19.2 Å². The molecule has 2 atom stereocenters. The molecule has 2 aliphatic heterocycles. The Bertz CT molecular complexity index is 1130. The molecule has 3 aliphatic rings. The molecule has 1 saturated heterocycles. The van der Waals surface area contributed by atoms with Crippen molar-refractivity contribution in [3.05, 3.63) is 30.5 Å². The normalized spacial score (nSPS) is 21.4. The number of methoxy groups -OCH3 is 1. The van der Waals surface area contributed by atoms with Gasteiger partial charge in [-0.25, -0.2) is 0 Å². The highest BCUT2D eigenvalue weighted by Gasteiger charge is 2.41. The number of hydrogen-bond acceptors (Lipinski definition) is 7. The highest BCUT2D eigenvalue weighted by molar-refractivity contribution is 6.08. The van der Waals surface area contributed by atoms with Crippen molar-refractivity contribution in [1.82, 2.24) is 10.6 Å². The number of benzene rings is 1. The zero-order chi connectivity index (χ0) is 27.6. The van der Waals surface area contributed by atoms with Crippen LogP contribution in [0.3, 0.4) is 0 Å². The van der Waals surface area contributed by atoms with Crippen LogP contribution in [-0.2, 0) is 23.9 Å². The van der Waals surface area contributed by atoms with Crippen molar-refractivity contribution in [2.45, 2.75) is 51.1 Å². The Morgan fingerprint density at radius 1 is 1.26 bits per heavy atom. The van der Waals surface area contributed by atoms with Gasteiger partial charge in [0.2, 0.25) is 17.7 Å². The fourth-order valence-electron chi connectivity index (χ4n) is 4.83. The van der Waals surface area contributed by atoms with Crippen LogP contribution in [0.2, 0.25) is 0 Å². The standard InChI is InChI=1S/C27H37N5O6/c1-16-24(34)31(10-5-11-37-4)21-13-20(8-9-22(21)38-16)32(19-6-7-19)25(35)18-12-17(14-29-15-18)23(33)30-27(2,3)26(28)36/h8-9,13,17-19,29H,1,5-7,10-12,14-15H2,2-4H3,(H2,28,36)(H,30,33)/t17-,18+/m0/s1. The second kappa shape index (κ2) is 11.1. The van der Waals surface area contributed by atoms with E-state index in [1.54, 1.807) is 36.8 Å². The molecule has 4 rings (SSSR count). The smallest absolute Gasteiger partial charge is 0.293 e. The summed E-state index contributed by atoms with van der Waals surface area (Å²) in [6.07, 6.45) is 2.74. The molecule has 206 valence electrons. The molecule has 1 aromatic carbocycles. The topological polar surface area (TPSA) is 143 Å². The predicted octanol–water partition coefficient (Wildman–Crippen LogP) is 1.06. The van der Waals surface area contributed by atoms with Gasteiger partial charge in [0.25, 0.3) is 5.91 Å². The average molecular weight is 528 g/mol. The Hall–Kier alpha value is -3.44. The van der Waals surface area contributed by atoms with Crippen LogP contribution < -0.4 is 30.9 Å². The minimum Gasteiger partial charge on any atom is -0.450 e. The summed E-state index contributed by atoms with van der Waals surface area (Å²) in [7, 11) is 1.61. The summed E-state index contributed by atoms with van der Waals surface area (Å²) < 4.78 is 10.8. The molecule has 38 heavy (non-hydrogen) atoms. The summed E-state index contributed by atoms with van der Waals surface area (Å²) in [5.41, 5.74) is 5.48. The molecule has 4 amide bonds. The van der Waals surface area contributed by atoms with Gasteiger partial charge in [0.1, 0.15) is 5.54 Å². The number of carbonyl (C=O) groups excluding carboxylic acids is 4. The lowest BCUT2D eigenvalue weighted by molar-refractivity contribution is -0.134. The van der Waals surface area contributed by atoms with Crippen LogP contribution in [0.25, 0.3) is 0 Å². The number of hydrogen-bond donors (Lipinski definition) is 3. The third-order valence-corrected chi connectivity index (χ3v) is 7.23. The summed E-state index contributed by atoms with van der Waals surface area (Å²) in [6.45, 7) is 8.62. The van der Waals surface area contributed by atoms with Gasteiger partial charge in [-0.2, -0.15) is 0 Å². The molecule has 2 heterocycles.